The molecule has 4 heteroatoms. The molecule has 0 heterocycles. The van der Waals surface area contributed by atoms with E-state index in [1.54, 1.807) is 13.0 Å². The van der Waals surface area contributed by atoms with Crippen molar-refractivity contribution in [3.8, 4) is 6.07 Å². The van der Waals surface area contributed by atoms with E-state index in [1.807, 2.05) is 13.0 Å². The number of halogens is 1. The van der Waals surface area contributed by atoms with Crippen LogP contribution in [0, 0.1) is 18.3 Å². The molecule has 1 rings (SSSR count). The Hall–Kier alpha value is -1.34. The van der Waals surface area contributed by atoms with Gasteiger partial charge in [0.25, 0.3) is 0 Å². The summed E-state index contributed by atoms with van der Waals surface area (Å²) in [5, 5.41) is 8.88. The molecule has 1 aromatic rings. The standard InChI is InChI=1S/C12H12BrNO2/c1-3-16-12(15)6-9-4-8(2)10(7-14)11(13)5-9/h4-5H,3,6H2,1-2H3. The smallest absolute Gasteiger partial charge is 0.310 e. The quantitative estimate of drug-likeness (QED) is 0.801. The number of esters is 1. The summed E-state index contributed by atoms with van der Waals surface area (Å²) in [4.78, 5) is 11.3. The van der Waals surface area contributed by atoms with Crippen LogP contribution in [0.5, 0.6) is 0 Å². The molecule has 0 spiro atoms. The monoisotopic (exact) mass is 281 g/mol. The Bertz CT molecular complexity index is 426. The molecule has 0 N–H and O–H groups in total. The number of benzene rings is 1. The van der Waals surface area contributed by atoms with Crippen LogP contribution in [0.15, 0.2) is 16.6 Å². The number of ether oxygens (including phenoxy) is 1. The first kappa shape index (κ1) is 12.7. The lowest BCUT2D eigenvalue weighted by Crippen LogP contribution is -2.07. The van der Waals surface area contributed by atoms with E-state index in [4.69, 9.17) is 10.00 Å². The molecule has 0 aliphatic heterocycles. The van der Waals surface area contributed by atoms with E-state index < -0.39 is 0 Å². The van der Waals surface area contributed by atoms with E-state index in [2.05, 4.69) is 22.0 Å². The zero-order valence-electron chi connectivity index (χ0n) is 9.21. The summed E-state index contributed by atoms with van der Waals surface area (Å²) in [5.74, 6) is -0.251. The molecule has 0 saturated carbocycles. The van der Waals surface area contributed by atoms with Crippen molar-refractivity contribution in [3.05, 3.63) is 33.3 Å². The number of nitriles is 1. The van der Waals surface area contributed by atoms with Crippen molar-refractivity contribution in [2.75, 3.05) is 6.61 Å². The van der Waals surface area contributed by atoms with Gasteiger partial charge < -0.3 is 4.74 Å². The first-order chi connectivity index (χ1) is 7.58. The van der Waals surface area contributed by atoms with Crippen LogP contribution in [0.2, 0.25) is 0 Å². The van der Waals surface area contributed by atoms with Crippen LogP contribution in [0.25, 0.3) is 0 Å². The number of hydrogen-bond acceptors (Lipinski definition) is 3. The largest absolute Gasteiger partial charge is 0.466 e. The van der Waals surface area contributed by atoms with Crippen LogP contribution in [0.1, 0.15) is 23.6 Å². The first-order valence-corrected chi connectivity index (χ1v) is 5.72. The highest BCUT2D eigenvalue weighted by atomic mass is 79.9. The molecule has 0 aliphatic carbocycles. The molecule has 0 radical (unpaired) electrons. The van der Waals surface area contributed by atoms with Gasteiger partial charge in [0.05, 0.1) is 18.6 Å². The van der Waals surface area contributed by atoms with E-state index in [0.717, 1.165) is 11.1 Å². The molecule has 0 bridgehead atoms. The summed E-state index contributed by atoms with van der Waals surface area (Å²) in [5.41, 5.74) is 2.31. The Morgan fingerprint density at radius 3 is 2.75 bits per heavy atom. The molecule has 0 amide bonds. The SMILES string of the molecule is CCOC(=O)Cc1cc(C)c(C#N)c(Br)c1. The van der Waals surface area contributed by atoms with Gasteiger partial charge in [0.1, 0.15) is 6.07 Å². The highest BCUT2D eigenvalue weighted by molar-refractivity contribution is 9.10. The van der Waals surface area contributed by atoms with E-state index in [0.29, 0.717) is 16.6 Å². The fraction of sp³-hybridized carbons (Fsp3) is 0.333. The van der Waals surface area contributed by atoms with Crippen LogP contribution in [0.4, 0.5) is 0 Å². The van der Waals surface area contributed by atoms with E-state index in [-0.39, 0.29) is 12.4 Å². The number of carbonyl (C=O) groups is 1. The van der Waals surface area contributed by atoms with Gasteiger partial charge in [0, 0.05) is 4.47 Å². The molecule has 0 unspecified atom stereocenters. The molecule has 0 fully saturated rings. The number of nitrogens with zero attached hydrogens (tertiary/aromatic N) is 1. The minimum Gasteiger partial charge on any atom is -0.466 e. The van der Waals surface area contributed by atoms with Gasteiger partial charge in [-0.1, -0.05) is 6.07 Å². The first-order valence-electron chi connectivity index (χ1n) is 4.93. The van der Waals surface area contributed by atoms with E-state index >= 15 is 0 Å². The molecule has 3 nitrogen and oxygen atoms in total. The van der Waals surface area contributed by atoms with Crippen LogP contribution in [0.3, 0.4) is 0 Å². The van der Waals surface area contributed by atoms with Gasteiger partial charge in [-0.15, -0.1) is 0 Å². The third-order valence-corrected chi connectivity index (χ3v) is 2.74. The maximum Gasteiger partial charge on any atom is 0.310 e. The molecular formula is C12H12BrNO2. The second-order valence-corrected chi connectivity index (χ2v) is 4.22. The molecule has 0 aromatic heterocycles. The highest BCUT2D eigenvalue weighted by Crippen LogP contribution is 2.22. The van der Waals surface area contributed by atoms with Crippen LogP contribution in [-0.4, -0.2) is 12.6 Å². The minimum atomic E-state index is -0.251. The predicted octanol–water partition coefficient (Wildman–Crippen LogP) is 2.73. The lowest BCUT2D eigenvalue weighted by Gasteiger charge is -2.06. The average molecular weight is 282 g/mol. The Morgan fingerprint density at radius 1 is 1.56 bits per heavy atom. The van der Waals surface area contributed by atoms with Crippen molar-refractivity contribution >= 4 is 21.9 Å². The second kappa shape index (κ2) is 5.66. The molecule has 84 valence electrons. The van der Waals surface area contributed by atoms with Crippen molar-refractivity contribution in [2.24, 2.45) is 0 Å². The number of hydrogen-bond donors (Lipinski definition) is 0. The van der Waals surface area contributed by atoms with Gasteiger partial charge in [0.15, 0.2) is 0 Å². The summed E-state index contributed by atoms with van der Waals surface area (Å²) in [7, 11) is 0. The lowest BCUT2D eigenvalue weighted by molar-refractivity contribution is -0.142. The molecular weight excluding hydrogens is 270 g/mol. The van der Waals surface area contributed by atoms with Crippen molar-refractivity contribution in [1.82, 2.24) is 0 Å². The second-order valence-electron chi connectivity index (χ2n) is 3.36. The Morgan fingerprint density at radius 2 is 2.25 bits per heavy atom. The fourth-order valence-electron chi connectivity index (χ4n) is 1.44. The van der Waals surface area contributed by atoms with Crippen molar-refractivity contribution in [3.63, 3.8) is 0 Å². The van der Waals surface area contributed by atoms with Crippen LogP contribution >= 0.6 is 15.9 Å². The zero-order valence-corrected chi connectivity index (χ0v) is 10.8. The molecule has 0 saturated heterocycles. The van der Waals surface area contributed by atoms with Gasteiger partial charge in [0.2, 0.25) is 0 Å². The normalized spacial score (nSPS) is 9.62. The summed E-state index contributed by atoms with van der Waals surface area (Å²) in [6, 6.07) is 5.72. The van der Waals surface area contributed by atoms with E-state index in [9.17, 15) is 4.79 Å². The summed E-state index contributed by atoms with van der Waals surface area (Å²) >= 11 is 3.31. The Balaban J connectivity index is 2.93. The number of aryl methyl sites for hydroxylation is 1. The third-order valence-electron chi connectivity index (χ3n) is 2.11. The Labute approximate surface area is 103 Å². The molecule has 0 atom stereocenters. The fourth-order valence-corrected chi connectivity index (χ4v) is 2.13. The maximum atomic E-state index is 11.3. The van der Waals surface area contributed by atoms with Crippen LogP contribution in [-0.2, 0) is 16.0 Å². The van der Waals surface area contributed by atoms with Crippen molar-refractivity contribution < 1.29 is 9.53 Å². The van der Waals surface area contributed by atoms with Crippen LogP contribution < -0.4 is 0 Å². The minimum absolute atomic E-state index is 0.235. The van der Waals surface area contributed by atoms with Gasteiger partial charge >= 0.3 is 5.97 Å². The summed E-state index contributed by atoms with van der Waals surface area (Å²) in [6.07, 6.45) is 0.235. The van der Waals surface area contributed by atoms with Crippen molar-refractivity contribution in [1.29, 1.82) is 5.26 Å². The molecule has 0 aliphatic rings. The Kier molecular flexibility index (Phi) is 4.51. The summed E-state index contributed by atoms with van der Waals surface area (Å²) in [6.45, 7) is 4.01. The molecule has 16 heavy (non-hydrogen) atoms. The summed E-state index contributed by atoms with van der Waals surface area (Å²) < 4.78 is 5.58. The lowest BCUT2D eigenvalue weighted by atomic mass is 10.0. The maximum absolute atomic E-state index is 11.3. The van der Waals surface area contributed by atoms with Gasteiger partial charge in [-0.25, -0.2) is 0 Å². The molecule has 1 aromatic carbocycles. The third kappa shape index (κ3) is 3.07. The van der Waals surface area contributed by atoms with Crippen molar-refractivity contribution in [2.45, 2.75) is 20.3 Å². The topological polar surface area (TPSA) is 50.1 Å². The number of rotatable bonds is 3. The zero-order chi connectivity index (χ0) is 12.1. The average Bonchev–Trinajstić information content (AvgIpc) is 2.17. The number of carbonyl (C=O) groups excluding carboxylic acids is 1. The predicted molar refractivity (Wildman–Crippen MR) is 63.9 cm³/mol. The van der Waals surface area contributed by atoms with E-state index in [1.165, 1.54) is 0 Å². The highest BCUT2D eigenvalue weighted by Gasteiger charge is 2.09. The van der Waals surface area contributed by atoms with Gasteiger partial charge in [-0.3, -0.25) is 4.79 Å². The van der Waals surface area contributed by atoms with Gasteiger partial charge in [-0.05, 0) is 47.0 Å². The van der Waals surface area contributed by atoms with Gasteiger partial charge in [-0.2, -0.15) is 5.26 Å².